The van der Waals surface area contributed by atoms with E-state index in [2.05, 4.69) is 9.97 Å². The number of nitrogens with one attached hydrogen (secondary N) is 1. The fourth-order valence-corrected chi connectivity index (χ4v) is 2.48. The highest BCUT2D eigenvalue weighted by molar-refractivity contribution is 14.1. The molecule has 0 aliphatic heterocycles. The zero-order valence-electron chi connectivity index (χ0n) is 9.28. The molecule has 0 saturated carbocycles. The molecule has 0 unspecified atom stereocenters. The summed E-state index contributed by atoms with van der Waals surface area (Å²) < 4.78 is 6.58. The van der Waals surface area contributed by atoms with E-state index >= 15 is 0 Å². The second-order valence-corrected chi connectivity index (χ2v) is 5.68. The predicted molar refractivity (Wildman–Crippen MR) is 85.9 cm³/mol. The number of ether oxygens (including phenoxy) is 1. The highest BCUT2D eigenvalue weighted by atomic mass is 127. The van der Waals surface area contributed by atoms with Crippen LogP contribution in [0.3, 0.4) is 0 Å². The third-order valence-corrected chi connectivity index (χ3v) is 3.92. The summed E-state index contributed by atoms with van der Waals surface area (Å²) in [5, 5.41) is 8.84. The molecule has 0 radical (unpaired) electrons. The Kier molecular flexibility index (Phi) is 4.25. The average Bonchev–Trinajstić information content (AvgIpc) is 2.38. The number of nitrogens with two attached hydrogens (primary N) is 1. The molecule has 1 aromatic heterocycles. The molecule has 0 aliphatic carbocycles. The van der Waals surface area contributed by atoms with Crippen molar-refractivity contribution in [1.29, 1.82) is 5.26 Å². The van der Waals surface area contributed by atoms with Crippen LogP contribution in [0.5, 0.6) is 11.6 Å². The van der Waals surface area contributed by atoms with Crippen molar-refractivity contribution in [2.75, 3.05) is 5.73 Å². The number of halogens is 2. The summed E-state index contributed by atoms with van der Waals surface area (Å²) in [6, 6.07) is 5.16. The number of hydrogen-bond donors (Lipinski definition) is 2. The molecule has 2 rings (SSSR count). The Morgan fingerprint density at radius 1 is 1.42 bits per heavy atom. The number of aromatic amines is 1. The summed E-state index contributed by atoms with van der Waals surface area (Å²) in [5.74, 6) is 0.564. The van der Waals surface area contributed by atoms with Gasteiger partial charge < -0.3 is 15.5 Å². The van der Waals surface area contributed by atoms with Gasteiger partial charge in [0.1, 0.15) is 3.57 Å². The number of rotatable bonds is 2. The summed E-state index contributed by atoms with van der Waals surface area (Å²) >= 11 is 3.85. The number of nitriles is 1. The van der Waals surface area contributed by atoms with Crippen molar-refractivity contribution in [3.05, 3.63) is 41.5 Å². The van der Waals surface area contributed by atoms with Gasteiger partial charge in [0.2, 0.25) is 5.88 Å². The van der Waals surface area contributed by atoms with Crippen LogP contribution in [0.25, 0.3) is 0 Å². The van der Waals surface area contributed by atoms with Crippen molar-refractivity contribution in [1.82, 2.24) is 9.97 Å². The Balaban J connectivity index is 2.48. The van der Waals surface area contributed by atoms with E-state index in [9.17, 15) is 4.79 Å². The number of nitrogen functional groups attached to an aromatic ring is 1. The molecular weight excluding hydrogens is 474 g/mol. The molecule has 8 heteroatoms. The highest BCUT2D eigenvalue weighted by Gasteiger charge is 2.13. The lowest BCUT2D eigenvalue weighted by Crippen LogP contribution is -2.11. The third kappa shape index (κ3) is 2.98. The minimum absolute atomic E-state index is 0.179. The van der Waals surface area contributed by atoms with Crippen molar-refractivity contribution >= 4 is 50.9 Å². The van der Waals surface area contributed by atoms with Gasteiger partial charge in [0.05, 0.1) is 27.2 Å². The van der Waals surface area contributed by atoms with Gasteiger partial charge in [0.25, 0.3) is 5.56 Å². The fourth-order valence-electron chi connectivity index (χ4n) is 1.32. The molecule has 0 saturated heterocycles. The van der Waals surface area contributed by atoms with Crippen molar-refractivity contribution in [2.24, 2.45) is 0 Å². The maximum Gasteiger partial charge on any atom is 0.268 e. The maximum absolute atomic E-state index is 11.4. The summed E-state index contributed by atoms with van der Waals surface area (Å²) in [7, 11) is 0. The maximum atomic E-state index is 11.4. The van der Waals surface area contributed by atoms with E-state index in [0.29, 0.717) is 24.1 Å². The van der Waals surface area contributed by atoms with Crippen molar-refractivity contribution in [2.45, 2.75) is 0 Å². The smallest absolute Gasteiger partial charge is 0.268 e. The molecule has 0 amide bonds. The van der Waals surface area contributed by atoms with Crippen LogP contribution in [0, 0.1) is 18.5 Å². The number of H-pyrrole nitrogens is 1. The largest absolute Gasteiger partial charge is 0.434 e. The summed E-state index contributed by atoms with van der Waals surface area (Å²) in [5.41, 5.74) is 6.32. The molecule has 3 N–H and O–H groups in total. The predicted octanol–water partition coefficient (Wildman–Crippen LogP) is 2.23. The van der Waals surface area contributed by atoms with E-state index in [1.54, 1.807) is 6.07 Å². The Morgan fingerprint density at radius 2 is 2.16 bits per heavy atom. The molecule has 1 aromatic carbocycles. The van der Waals surface area contributed by atoms with E-state index in [0.717, 1.165) is 0 Å². The number of aromatic nitrogens is 2. The van der Waals surface area contributed by atoms with E-state index < -0.39 is 0 Å². The number of benzene rings is 1. The van der Waals surface area contributed by atoms with Crippen LogP contribution in [0.1, 0.15) is 5.56 Å². The highest BCUT2D eigenvalue weighted by Crippen LogP contribution is 2.33. The monoisotopic (exact) mass is 480 g/mol. The summed E-state index contributed by atoms with van der Waals surface area (Å²) in [6.45, 7) is 0. The molecule has 19 heavy (non-hydrogen) atoms. The molecule has 6 nitrogen and oxygen atoms in total. The van der Waals surface area contributed by atoms with Gasteiger partial charge in [0.15, 0.2) is 5.75 Å². The molecule has 0 fully saturated rings. The van der Waals surface area contributed by atoms with Gasteiger partial charge in [0, 0.05) is 0 Å². The quantitative estimate of drug-likeness (QED) is 0.507. The first-order chi connectivity index (χ1) is 9.02. The van der Waals surface area contributed by atoms with E-state index in [4.69, 9.17) is 15.7 Å². The molecule has 0 atom stereocenters. The van der Waals surface area contributed by atoms with Gasteiger partial charge in [-0.2, -0.15) is 5.26 Å². The number of hydrogen-bond acceptors (Lipinski definition) is 5. The van der Waals surface area contributed by atoms with Crippen LogP contribution >= 0.6 is 45.2 Å². The minimum Gasteiger partial charge on any atom is -0.434 e. The molecule has 0 spiro atoms. The van der Waals surface area contributed by atoms with Crippen LogP contribution < -0.4 is 16.0 Å². The lowest BCUT2D eigenvalue weighted by Gasteiger charge is -2.10. The molecule has 0 bridgehead atoms. The van der Waals surface area contributed by atoms with Gasteiger partial charge >= 0.3 is 0 Å². The van der Waals surface area contributed by atoms with Crippen molar-refractivity contribution in [3.8, 4) is 17.7 Å². The Bertz CT molecular complexity index is 713. The van der Waals surface area contributed by atoms with Gasteiger partial charge in [-0.3, -0.25) is 4.79 Å². The van der Waals surface area contributed by atoms with Crippen LogP contribution in [0.2, 0.25) is 0 Å². The van der Waals surface area contributed by atoms with Gasteiger partial charge in [-0.05, 0) is 57.3 Å². The SMILES string of the molecule is N#Cc1cc(N)c(Oc2nc[nH]c(=O)c2I)c(I)c1. The molecule has 96 valence electrons. The van der Waals surface area contributed by atoms with Crippen LogP contribution in [0.15, 0.2) is 23.3 Å². The number of nitrogens with zero attached hydrogens (tertiary/aromatic N) is 2. The molecular formula is C11H6I2N4O2. The first kappa shape index (κ1) is 14.1. The first-order valence-corrected chi connectivity index (χ1v) is 7.09. The zero-order valence-corrected chi connectivity index (χ0v) is 13.6. The Hall–Kier alpha value is -1.35. The first-order valence-electron chi connectivity index (χ1n) is 4.93. The number of anilines is 1. The van der Waals surface area contributed by atoms with E-state index in [1.807, 2.05) is 51.3 Å². The second kappa shape index (κ2) is 5.74. The minimum atomic E-state index is -0.284. The third-order valence-electron chi connectivity index (χ3n) is 2.16. The standard InChI is InChI=1S/C11H6I2N4O2/c12-6-1-5(3-14)2-7(15)9(6)19-11-8(13)10(18)16-4-17-11/h1-2,4H,15H2,(H,16,17,18). The van der Waals surface area contributed by atoms with Crippen LogP contribution in [0.4, 0.5) is 5.69 Å². The van der Waals surface area contributed by atoms with E-state index in [-0.39, 0.29) is 11.4 Å². The fraction of sp³-hybridized carbons (Fsp3) is 0. The Morgan fingerprint density at radius 3 is 2.79 bits per heavy atom. The molecule has 1 heterocycles. The molecule has 0 aliphatic rings. The van der Waals surface area contributed by atoms with Crippen LogP contribution in [-0.2, 0) is 0 Å². The topological polar surface area (TPSA) is 105 Å². The van der Waals surface area contributed by atoms with Gasteiger partial charge in [-0.25, -0.2) is 4.98 Å². The van der Waals surface area contributed by atoms with Crippen LogP contribution in [-0.4, -0.2) is 9.97 Å². The lowest BCUT2D eigenvalue weighted by molar-refractivity contribution is 0.455. The van der Waals surface area contributed by atoms with Crippen molar-refractivity contribution < 1.29 is 4.74 Å². The van der Waals surface area contributed by atoms with Crippen molar-refractivity contribution in [3.63, 3.8) is 0 Å². The van der Waals surface area contributed by atoms with E-state index in [1.165, 1.54) is 12.4 Å². The Labute approximate surface area is 135 Å². The van der Waals surface area contributed by atoms with Gasteiger partial charge in [-0.15, -0.1) is 0 Å². The molecule has 2 aromatic rings. The average molecular weight is 480 g/mol. The summed E-state index contributed by atoms with van der Waals surface area (Å²) in [4.78, 5) is 17.8. The summed E-state index contributed by atoms with van der Waals surface area (Å²) in [6.07, 6.45) is 1.26. The second-order valence-electron chi connectivity index (χ2n) is 3.44. The zero-order chi connectivity index (χ0) is 14.0. The normalized spacial score (nSPS) is 9.95. The van der Waals surface area contributed by atoms with Gasteiger partial charge in [-0.1, -0.05) is 0 Å². The lowest BCUT2D eigenvalue weighted by atomic mass is 10.2.